The zero-order valence-electron chi connectivity index (χ0n) is 16.0. The highest BCUT2D eigenvalue weighted by atomic mass is 32.1. The fourth-order valence-corrected chi connectivity index (χ4v) is 5.81. The number of piperidine rings is 1. The molecule has 0 unspecified atom stereocenters. The van der Waals surface area contributed by atoms with E-state index in [0.29, 0.717) is 30.0 Å². The van der Waals surface area contributed by atoms with E-state index in [2.05, 4.69) is 35.1 Å². The molecule has 2 aromatic rings. The minimum absolute atomic E-state index is 0.101. The van der Waals surface area contributed by atoms with Crippen LogP contribution >= 0.6 is 11.3 Å². The van der Waals surface area contributed by atoms with Gasteiger partial charge in [0.15, 0.2) is 0 Å². The van der Waals surface area contributed by atoms with Crippen molar-refractivity contribution in [2.24, 2.45) is 0 Å². The molecule has 1 saturated heterocycles. The highest BCUT2D eigenvalue weighted by Gasteiger charge is 2.44. The van der Waals surface area contributed by atoms with Gasteiger partial charge in [0.2, 0.25) is 5.75 Å². The summed E-state index contributed by atoms with van der Waals surface area (Å²) in [7, 11) is 0. The highest BCUT2D eigenvalue weighted by molar-refractivity contribution is 7.65. The lowest BCUT2D eigenvalue weighted by atomic mass is 9.79. The van der Waals surface area contributed by atoms with Crippen molar-refractivity contribution in [1.29, 1.82) is 0 Å². The standard InChI is InChI=1S/C19H27N4O2S2/c1-3-16-10-17-18(27-16)4-8-25-19(17)5-6-22(14(2)11-19)12-15-13-23(21-20-15)7-9-26-24/h10,13-14H,3-9,11-12H2,1-2H3/q+1/t14-,19+/m1/s1. The quantitative estimate of drug-likeness (QED) is 0.689. The second-order valence-electron chi connectivity index (χ2n) is 7.56. The molecule has 1 spiro atoms. The second-order valence-corrected chi connectivity index (χ2v) is 9.43. The fraction of sp³-hybridized carbons (Fsp3) is 0.684. The molecule has 2 aromatic heterocycles. The third-order valence-electron chi connectivity index (χ3n) is 5.81. The lowest BCUT2D eigenvalue weighted by Gasteiger charge is -2.47. The van der Waals surface area contributed by atoms with Gasteiger partial charge >= 0.3 is 11.7 Å². The van der Waals surface area contributed by atoms with Gasteiger partial charge in [-0.15, -0.1) is 16.4 Å². The average Bonchev–Trinajstić information content (AvgIpc) is 3.30. The van der Waals surface area contributed by atoms with E-state index in [1.54, 1.807) is 4.68 Å². The molecular weight excluding hydrogens is 380 g/mol. The van der Waals surface area contributed by atoms with Crippen LogP contribution in [0.5, 0.6) is 0 Å². The Morgan fingerprint density at radius 3 is 3.15 bits per heavy atom. The molecule has 2 aliphatic rings. The first-order valence-electron chi connectivity index (χ1n) is 9.77. The van der Waals surface area contributed by atoms with Crippen LogP contribution in [0.3, 0.4) is 0 Å². The smallest absolute Gasteiger partial charge is 0.370 e. The fourth-order valence-electron chi connectivity index (χ4n) is 4.37. The molecular formula is C19H27N4O2S2+. The number of ether oxygens (including phenoxy) is 1. The Morgan fingerprint density at radius 2 is 2.37 bits per heavy atom. The summed E-state index contributed by atoms with van der Waals surface area (Å²) in [6, 6.07) is 2.83. The molecule has 0 N–H and O–H groups in total. The Morgan fingerprint density at radius 1 is 1.48 bits per heavy atom. The van der Waals surface area contributed by atoms with E-state index >= 15 is 0 Å². The Bertz CT molecular complexity index is 805. The van der Waals surface area contributed by atoms with Gasteiger partial charge in [0.25, 0.3) is 0 Å². The molecule has 2 atom stereocenters. The number of aromatic nitrogens is 3. The third kappa shape index (κ3) is 3.85. The molecule has 0 saturated carbocycles. The average molecular weight is 408 g/mol. The summed E-state index contributed by atoms with van der Waals surface area (Å²) in [6.45, 7) is 7.80. The monoisotopic (exact) mass is 407 g/mol. The van der Waals surface area contributed by atoms with E-state index in [0.717, 1.165) is 51.1 Å². The molecule has 146 valence electrons. The Labute approximate surface area is 168 Å². The summed E-state index contributed by atoms with van der Waals surface area (Å²) in [5.41, 5.74) is 2.34. The molecule has 4 heterocycles. The van der Waals surface area contributed by atoms with E-state index in [9.17, 15) is 4.21 Å². The summed E-state index contributed by atoms with van der Waals surface area (Å²) in [5.74, 6) is 0.519. The number of thiophene rings is 1. The Balaban J connectivity index is 1.45. The number of likely N-dealkylation sites (tertiary alicyclic amines) is 1. The van der Waals surface area contributed by atoms with Gasteiger partial charge in [-0.25, -0.2) is 4.68 Å². The Kier molecular flexibility index (Phi) is 5.68. The van der Waals surface area contributed by atoms with Crippen LogP contribution in [0.2, 0.25) is 0 Å². The Hall–Kier alpha value is -1.22. The predicted octanol–water partition coefficient (Wildman–Crippen LogP) is 2.78. The van der Waals surface area contributed by atoms with Crippen molar-refractivity contribution >= 4 is 23.0 Å². The summed E-state index contributed by atoms with van der Waals surface area (Å²) < 4.78 is 18.8. The minimum atomic E-state index is -0.101. The van der Waals surface area contributed by atoms with Crippen LogP contribution < -0.4 is 0 Å². The maximum Gasteiger partial charge on any atom is 0.460 e. The minimum Gasteiger partial charge on any atom is -0.370 e. The summed E-state index contributed by atoms with van der Waals surface area (Å²) in [4.78, 5) is 5.50. The normalized spacial score (nSPS) is 25.6. The van der Waals surface area contributed by atoms with E-state index in [-0.39, 0.29) is 5.60 Å². The highest BCUT2D eigenvalue weighted by Crippen LogP contribution is 2.46. The van der Waals surface area contributed by atoms with Crippen LogP contribution in [0, 0.1) is 0 Å². The molecule has 1 fully saturated rings. The van der Waals surface area contributed by atoms with Crippen LogP contribution in [0.1, 0.15) is 47.7 Å². The SMILES string of the molecule is CCc1cc2c(s1)CCO[C@]21CCN(Cc2cn(CC[S+]=O)nn2)[C@H](C)C1. The molecule has 4 rings (SSSR count). The van der Waals surface area contributed by atoms with E-state index < -0.39 is 0 Å². The van der Waals surface area contributed by atoms with Gasteiger partial charge in [-0.05, 0) is 37.8 Å². The van der Waals surface area contributed by atoms with Crippen LogP contribution in [0.4, 0.5) is 0 Å². The first-order valence-corrected chi connectivity index (χ1v) is 11.5. The first kappa shape index (κ1) is 19.1. The van der Waals surface area contributed by atoms with E-state index in [1.807, 2.05) is 17.5 Å². The number of hydrogen-bond acceptors (Lipinski definition) is 6. The number of fused-ring (bicyclic) bond motifs is 2. The summed E-state index contributed by atoms with van der Waals surface area (Å²) >= 11 is 2.57. The predicted molar refractivity (Wildman–Crippen MR) is 107 cm³/mol. The van der Waals surface area contributed by atoms with Gasteiger partial charge < -0.3 is 4.74 Å². The molecule has 0 aliphatic carbocycles. The summed E-state index contributed by atoms with van der Waals surface area (Å²) in [5, 5.41) is 8.42. The molecule has 0 radical (unpaired) electrons. The number of rotatable bonds is 6. The van der Waals surface area contributed by atoms with Crippen molar-refractivity contribution in [3.8, 4) is 0 Å². The van der Waals surface area contributed by atoms with Gasteiger partial charge in [-0.2, -0.15) is 0 Å². The lowest BCUT2D eigenvalue weighted by molar-refractivity contribution is -0.112. The molecule has 8 heteroatoms. The second kappa shape index (κ2) is 8.03. The van der Waals surface area contributed by atoms with Gasteiger partial charge in [0, 0.05) is 45.7 Å². The van der Waals surface area contributed by atoms with Gasteiger partial charge in [-0.1, -0.05) is 12.1 Å². The van der Waals surface area contributed by atoms with Crippen molar-refractivity contribution in [2.75, 3.05) is 18.9 Å². The number of nitrogens with zero attached hydrogens (tertiary/aromatic N) is 4. The summed E-state index contributed by atoms with van der Waals surface area (Å²) in [6.07, 6.45) is 6.20. The largest absolute Gasteiger partial charge is 0.460 e. The molecule has 0 bridgehead atoms. The van der Waals surface area contributed by atoms with Gasteiger partial charge in [0.1, 0.15) is 6.54 Å². The molecule has 0 amide bonds. The molecule has 6 nitrogen and oxygen atoms in total. The zero-order chi connectivity index (χ0) is 18.9. The molecule has 27 heavy (non-hydrogen) atoms. The van der Waals surface area contributed by atoms with Gasteiger partial charge in [-0.3, -0.25) is 4.90 Å². The third-order valence-corrected chi connectivity index (χ3v) is 7.50. The zero-order valence-corrected chi connectivity index (χ0v) is 17.7. The number of hydrogen-bond donors (Lipinski definition) is 0. The van der Waals surface area contributed by atoms with Crippen LogP contribution in [0.25, 0.3) is 0 Å². The van der Waals surface area contributed by atoms with Crippen molar-refractivity contribution < 1.29 is 8.95 Å². The maximum absolute atomic E-state index is 10.6. The van der Waals surface area contributed by atoms with Crippen molar-refractivity contribution in [2.45, 2.75) is 64.3 Å². The first-order chi connectivity index (χ1) is 13.1. The van der Waals surface area contributed by atoms with Gasteiger partial charge in [0.05, 0.1) is 17.9 Å². The molecule has 2 aliphatic heterocycles. The van der Waals surface area contributed by atoms with Crippen LogP contribution in [-0.4, -0.2) is 44.8 Å². The lowest BCUT2D eigenvalue weighted by Crippen LogP contribution is -2.50. The topological polar surface area (TPSA) is 60.2 Å². The van der Waals surface area contributed by atoms with E-state index in [4.69, 9.17) is 4.74 Å². The van der Waals surface area contributed by atoms with Crippen LogP contribution in [0.15, 0.2) is 12.3 Å². The van der Waals surface area contributed by atoms with Crippen LogP contribution in [-0.2, 0) is 52.1 Å². The van der Waals surface area contributed by atoms with Crippen molar-refractivity contribution in [3.05, 3.63) is 33.3 Å². The van der Waals surface area contributed by atoms with Crippen molar-refractivity contribution in [1.82, 2.24) is 19.9 Å². The maximum atomic E-state index is 10.6. The van der Waals surface area contributed by atoms with E-state index in [1.165, 1.54) is 15.3 Å². The molecule has 0 aromatic carbocycles. The van der Waals surface area contributed by atoms with Crippen molar-refractivity contribution in [3.63, 3.8) is 0 Å². The number of aryl methyl sites for hydroxylation is 2.